The van der Waals surface area contributed by atoms with E-state index in [1.54, 1.807) is 0 Å². The van der Waals surface area contributed by atoms with Crippen molar-refractivity contribution >= 4 is 0 Å². The van der Waals surface area contributed by atoms with Crippen LogP contribution in [-0.2, 0) is 0 Å². The van der Waals surface area contributed by atoms with Gasteiger partial charge in [0.15, 0.2) is 0 Å². The van der Waals surface area contributed by atoms with Gasteiger partial charge in [0, 0.05) is 0 Å². The van der Waals surface area contributed by atoms with Crippen LogP contribution in [0, 0.1) is 0 Å². The highest BCUT2D eigenvalue weighted by molar-refractivity contribution is 4.54. The predicted molar refractivity (Wildman–Crippen MR) is 190 cm³/mol. The average Bonchev–Trinajstić information content (AvgIpc) is 2.97. The van der Waals surface area contributed by atoms with Crippen molar-refractivity contribution in [1.29, 1.82) is 0 Å². The molecule has 248 valence electrons. The van der Waals surface area contributed by atoms with Crippen LogP contribution in [0.3, 0.4) is 0 Å². The summed E-state index contributed by atoms with van der Waals surface area (Å²) in [5, 5.41) is 0. The van der Waals surface area contributed by atoms with E-state index in [9.17, 15) is 0 Å². The monoisotopic (exact) mass is 579 g/mol. The molecule has 0 unspecified atom stereocenters. The summed E-state index contributed by atoms with van der Waals surface area (Å²) in [5.41, 5.74) is 0. The minimum atomic E-state index is 1.36. The molecule has 0 heterocycles. The molecule has 0 bridgehead atoms. The first-order chi connectivity index (χ1) is 20.2. The molecule has 0 aliphatic rings. The summed E-state index contributed by atoms with van der Waals surface area (Å²) in [6.45, 7) is 15.2. The quantitative estimate of drug-likeness (QED) is 0.0512. The Labute approximate surface area is 263 Å². The normalized spacial score (nSPS) is 12.0. The van der Waals surface area contributed by atoms with Crippen molar-refractivity contribution < 1.29 is 4.48 Å². The smallest absolute Gasteiger partial charge is 0.0786 e. The lowest BCUT2D eigenvalue weighted by atomic mass is 10.0. The van der Waals surface area contributed by atoms with Gasteiger partial charge in [0.25, 0.3) is 0 Å². The van der Waals surface area contributed by atoms with Crippen molar-refractivity contribution in [3.63, 3.8) is 0 Å². The first kappa shape index (κ1) is 41.0. The maximum Gasteiger partial charge on any atom is 0.0786 e. The van der Waals surface area contributed by atoms with Gasteiger partial charge in [0.05, 0.1) is 26.2 Å². The highest BCUT2D eigenvalue weighted by Crippen LogP contribution is 2.19. The Morgan fingerprint density at radius 3 is 0.585 bits per heavy atom. The molecule has 0 aliphatic heterocycles. The van der Waals surface area contributed by atoms with Crippen LogP contribution < -0.4 is 0 Å². The molecule has 1 nitrogen and oxygen atoms in total. The molecule has 0 rings (SSSR count). The maximum atomic E-state index is 2.42. The number of rotatable bonds is 36. The summed E-state index contributed by atoms with van der Waals surface area (Å²) in [5.74, 6) is 0. The number of hydrogen-bond acceptors (Lipinski definition) is 0. The van der Waals surface area contributed by atoms with Gasteiger partial charge in [-0.25, -0.2) is 0 Å². The van der Waals surface area contributed by atoms with E-state index in [4.69, 9.17) is 0 Å². The van der Waals surface area contributed by atoms with Crippen LogP contribution in [0.4, 0.5) is 0 Å². The zero-order valence-electron chi connectivity index (χ0n) is 29.9. The van der Waals surface area contributed by atoms with Gasteiger partial charge in [0.1, 0.15) is 0 Å². The van der Waals surface area contributed by atoms with Crippen molar-refractivity contribution in [3.8, 4) is 0 Å². The Morgan fingerprint density at radius 1 is 0.195 bits per heavy atom. The Hall–Kier alpha value is -0.0400. The van der Waals surface area contributed by atoms with Crippen molar-refractivity contribution in [1.82, 2.24) is 0 Å². The van der Waals surface area contributed by atoms with E-state index in [2.05, 4.69) is 27.7 Å². The number of hydrogen-bond donors (Lipinski definition) is 0. The Morgan fingerprint density at radius 2 is 0.390 bits per heavy atom. The first-order valence-electron chi connectivity index (χ1n) is 20.1. The molecular weight excluding hydrogens is 494 g/mol. The fraction of sp³-hybridized carbons (Fsp3) is 1.00. The molecule has 0 radical (unpaired) electrons. The van der Waals surface area contributed by atoms with Gasteiger partial charge in [-0.2, -0.15) is 0 Å². The fourth-order valence-corrected chi connectivity index (χ4v) is 7.26. The lowest BCUT2D eigenvalue weighted by Crippen LogP contribution is -2.50. The van der Waals surface area contributed by atoms with Crippen molar-refractivity contribution in [2.24, 2.45) is 0 Å². The van der Waals surface area contributed by atoms with Gasteiger partial charge in [-0.15, -0.1) is 0 Å². The molecule has 0 fully saturated rings. The van der Waals surface area contributed by atoms with Crippen LogP contribution in [0.5, 0.6) is 0 Å². The van der Waals surface area contributed by atoms with E-state index in [-0.39, 0.29) is 0 Å². The molecule has 0 aromatic heterocycles. The van der Waals surface area contributed by atoms with Gasteiger partial charge in [0.2, 0.25) is 0 Å². The van der Waals surface area contributed by atoms with Crippen molar-refractivity contribution in [3.05, 3.63) is 0 Å². The van der Waals surface area contributed by atoms with Gasteiger partial charge >= 0.3 is 0 Å². The first-order valence-corrected chi connectivity index (χ1v) is 20.1. The predicted octanol–water partition coefficient (Wildman–Crippen LogP) is 14.4. The Bertz CT molecular complexity index is 416. The minimum Gasteiger partial charge on any atom is -0.324 e. The van der Waals surface area contributed by atoms with E-state index >= 15 is 0 Å². The van der Waals surface area contributed by atoms with Crippen LogP contribution in [0.15, 0.2) is 0 Å². The fourth-order valence-electron chi connectivity index (χ4n) is 7.26. The van der Waals surface area contributed by atoms with Crippen LogP contribution in [0.25, 0.3) is 0 Å². The second-order valence-electron chi connectivity index (χ2n) is 14.1. The van der Waals surface area contributed by atoms with E-state index in [1.165, 1.54) is 236 Å². The van der Waals surface area contributed by atoms with Gasteiger partial charge in [-0.3, -0.25) is 0 Å². The van der Waals surface area contributed by atoms with Crippen molar-refractivity contribution in [2.75, 3.05) is 26.2 Å². The summed E-state index contributed by atoms with van der Waals surface area (Å²) in [6.07, 6.45) is 46.8. The molecule has 0 aliphatic carbocycles. The van der Waals surface area contributed by atoms with Crippen LogP contribution in [-0.4, -0.2) is 30.7 Å². The highest BCUT2D eigenvalue weighted by Gasteiger charge is 2.24. The summed E-state index contributed by atoms with van der Waals surface area (Å²) < 4.78 is 1.43. The van der Waals surface area contributed by atoms with E-state index in [1.807, 2.05) is 0 Å². The third-order valence-electron chi connectivity index (χ3n) is 9.87. The molecular formula is C40H84N+. The molecule has 1 heteroatoms. The van der Waals surface area contributed by atoms with Gasteiger partial charge in [-0.05, 0) is 38.5 Å². The lowest BCUT2D eigenvalue weighted by molar-refractivity contribution is -0.928. The second kappa shape index (κ2) is 34.5. The van der Waals surface area contributed by atoms with Crippen molar-refractivity contribution in [2.45, 2.75) is 233 Å². The second-order valence-corrected chi connectivity index (χ2v) is 14.1. The van der Waals surface area contributed by atoms with E-state index in [0.717, 1.165) is 0 Å². The highest BCUT2D eigenvalue weighted by atomic mass is 15.3. The Balaban J connectivity index is 3.75. The van der Waals surface area contributed by atoms with Crippen LogP contribution in [0.2, 0.25) is 0 Å². The molecule has 41 heavy (non-hydrogen) atoms. The zero-order valence-corrected chi connectivity index (χ0v) is 29.9. The summed E-state index contributed by atoms with van der Waals surface area (Å²) in [4.78, 5) is 0. The molecule has 0 saturated heterocycles. The number of nitrogens with zero attached hydrogens (tertiary/aromatic N) is 1. The molecule has 0 aromatic carbocycles. The molecule has 0 spiro atoms. The molecule has 0 N–H and O–H groups in total. The molecule has 0 saturated carbocycles. The van der Waals surface area contributed by atoms with Crippen LogP contribution >= 0.6 is 0 Å². The minimum absolute atomic E-state index is 1.36. The standard InChI is InChI=1S/C40H84N/c1-5-9-11-13-15-17-19-21-23-25-27-29-31-33-35-39-41(37-7-3,38-8-4)40-36-34-32-30-28-26-24-22-20-18-16-14-12-10-6-2/h5-40H2,1-4H3/q+1. The summed E-state index contributed by atoms with van der Waals surface area (Å²) in [7, 11) is 0. The molecule has 0 amide bonds. The number of quaternary nitrogens is 1. The molecule has 0 atom stereocenters. The zero-order chi connectivity index (χ0) is 30.0. The Kier molecular flexibility index (Phi) is 34.4. The topological polar surface area (TPSA) is 0 Å². The number of unbranched alkanes of at least 4 members (excludes halogenated alkanes) is 28. The SMILES string of the molecule is CCCCCCCCCCCCCCCCC[N+](CCC)(CCC)CCCCCCCCCCCCCCCCC. The lowest BCUT2D eigenvalue weighted by Gasteiger charge is -2.39. The van der Waals surface area contributed by atoms with Crippen LogP contribution in [0.1, 0.15) is 233 Å². The van der Waals surface area contributed by atoms with E-state index < -0.39 is 0 Å². The average molecular weight is 579 g/mol. The van der Waals surface area contributed by atoms with Gasteiger partial charge < -0.3 is 4.48 Å². The molecule has 0 aromatic rings. The summed E-state index contributed by atoms with van der Waals surface area (Å²) >= 11 is 0. The van der Waals surface area contributed by atoms with Gasteiger partial charge in [-0.1, -0.05) is 195 Å². The third-order valence-corrected chi connectivity index (χ3v) is 9.87. The maximum absolute atomic E-state index is 2.42. The summed E-state index contributed by atoms with van der Waals surface area (Å²) in [6, 6.07) is 0. The third kappa shape index (κ3) is 29.8. The largest absolute Gasteiger partial charge is 0.324 e. The van der Waals surface area contributed by atoms with E-state index in [0.29, 0.717) is 0 Å².